The fourth-order valence-electron chi connectivity index (χ4n) is 3.30. The Hall–Kier alpha value is -2.53. The van der Waals surface area contributed by atoms with Crippen LogP contribution in [0, 0.1) is 0 Å². The van der Waals surface area contributed by atoms with E-state index < -0.39 is 0 Å². The number of urea groups is 1. The van der Waals surface area contributed by atoms with Crippen molar-refractivity contribution in [2.45, 2.75) is 13.0 Å². The van der Waals surface area contributed by atoms with Gasteiger partial charge in [-0.05, 0) is 36.8 Å². The van der Waals surface area contributed by atoms with Crippen LogP contribution < -0.4 is 10.2 Å². The summed E-state index contributed by atoms with van der Waals surface area (Å²) in [4.78, 5) is 18.9. The summed E-state index contributed by atoms with van der Waals surface area (Å²) < 4.78 is 0. The van der Waals surface area contributed by atoms with Gasteiger partial charge in [-0.2, -0.15) is 0 Å². The molecular formula is C21H28N4O. The monoisotopic (exact) mass is 352 g/mol. The van der Waals surface area contributed by atoms with E-state index >= 15 is 0 Å². The van der Waals surface area contributed by atoms with E-state index in [4.69, 9.17) is 0 Å². The van der Waals surface area contributed by atoms with Gasteiger partial charge in [-0.15, -0.1) is 0 Å². The summed E-state index contributed by atoms with van der Waals surface area (Å²) in [5, 5.41) is 3.00. The summed E-state index contributed by atoms with van der Waals surface area (Å²) >= 11 is 0. The van der Waals surface area contributed by atoms with Crippen molar-refractivity contribution < 1.29 is 4.79 Å². The summed E-state index contributed by atoms with van der Waals surface area (Å²) in [5.74, 6) is 0. The van der Waals surface area contributed by atoms with E-state index in [0.717, 1.165) is 37.6 Å². The molecule has 26 heavy (non-hydrogen) atoms. The lowest BCUT2D eigenvalue weighted by molar-refractivity contribution is 0.119. The second kappa shape index (κ2) is 8.23. The molecule has 1 aliphatic heterocycles. The summed E-state index contributed by atoms with van der Waals surface area (Å²) in [6, 6.07) is 18.8. The fraction of sp³-hybridized carbons (Fsp3) is 0.381. The molecule has 3 rings (SSSR count). The number of amides is 2. The SMILES string of the molecule is CC(c1ccccc1)N1CCN(C(=O)Nc2ccc(N(C)C)cc2)CC1. The molecule has 5 heteroatoms. The van der Waals surface area contributed by atoms with Crippen molar-refractivity contribution in [3.63, 3.8) is 0 Å². The van der Waals surface area contributed by atoms with Crippen LogP contribution in [0.4, 0.5) is 16.2 Å². The molecule has 1 fully saturated rings. The molecule has 0 radical (unpaired) electrons. The van der Waals surface area contributed by atoms with E-state index in [0.29, 0.717) is 6.04 Å². The van der Waals surface area contributed by atoms with Crippen molar-refractivity contribution in [1.82, 2.24) is 9.80 Å². The van der Waals surface area contributed by atoms with E-state index in [9.17, 15) is 4.79 Å². The van der Waals surface area contributed by atoms with Crippen molar-refractivity contribution >= 4 is 17.4 Å². The van der Waals surface area contributed by atoms with Crippen LogP contribution in [0.5, 0.6) is 0 Å². The predicted octanol–water partition coefficient (Wildman–Crippen LogP) is 3.66. The Bertz CT molecular complexity index is 707. The standard InChI is InChI=1S/C21H28N4O/c1-17(18-7-5-4-6-8-18)24-13-15-25(16-14-24)21(26)22-19-9-11-20(12-10-19)23(2)3/h4-12,17H,13-16H2,1-3H3,(H,22,26). The molecule has 0 spiro atoms. The van der Waals surface area contributed by atoms with Crippen LogP contribution in [0.25, 0.3) is 0 Å². The van der Waals surface area contributed by atoms with Crippen LogP contribution in [-0.4, -0.2) is 56.1 Å². The van der Waals surface area contributed by atoms with E-state index in [1.165, 1.54) is 5.56 Å². The molecule has 2 amide bonds. The quantitative estimate of drug-likeness (QED) is 0.913. The second-order valence-electron chi connectivity index (χ2n) is 6.98. The lowest BCUT2D eigenvalue weighted by Gasteiger charge is -2.38. The molecule has 1 atom stereocenters. The van der Waals surface area contributed by atoms with Gasteiger partial charge in [0.05, 0.1) is 0 Å². The first-order valence-corrected chi connectivity index (χ1v) is 9.17. The molecule has 1 heterocycles. The smallest absolute Gasteiger partial charge is 0.321 e. The third kappa shape index (κ3) is 4.35. The van der Waals surface area contributed by atoms with E-state index in [1.54, 1.807) is 0 Å². The Labute approximate surface area is 156 Å². The number of hydrogen-bond acceptors (Lipinski definition) is 3. The van der Waals surface area contributed by atoms with Gasteiger partial charge in [-0.1, -0.05) is 30.3 Å². The Morgan fingerprint density at radius 3 is 2.15 bits per heavy atom. The van der Waals surface area contributed by atoms with Crippen LogP contribution in [-0.2, 0) is 0 Å². The Kier molecular flexibility index (Phi) is 5.78. The van der Waals surface area contributed by atoms with Gasteiger partial charge in [0, 0.05) is 57.7 Å². The fourth-order valence-corrected chi connectivity index (χ4v) is 3.30. The molecule has 2 aromatic rings. The topological polar surface area (TPSA) is 38.8 Å². The molecule has 0 aliphatic carbocycles. The molecule has 1 aliphatic rings. The van der Waals surface area contributed by atoms with E-state index in [2.05, 4.69) is 41.4 Å². The Morgan fingerprint density at radius 1 is 0.962 bits per heavy atom. The number of hydrogen-bond donors (Lipinski definition) is 1. The lowest BCUT2D eigenvalue weighted by atomic mass is 10.1. The van der Waals surface area contributed by atoms with Crippen molar-refractivity contribution in [1.29, 1.82) is 0 Å². The summed E-state index contributed by atoms with van der Waals surface area (Å²) in [7, 11) is 4.01. The lowest BCUT2D eigenvalue weighted by Crippen LogP contribution is -2.50. The minimum Gasteiger partial charge on any atom is -0.378 e. The molecule has 0 bridgehead atoms. The number of carbonyl (C=O) groups excluding carboxylic acids is 1. The van der Waals surface area contributed by atoms with Crippen molar-refractivity contribution in [2.24, 2.45) is 0 Å². The number of nitrogens with zero attached hydrogens (tertiary/aromatic N) is 3. The molecule has 5 nitrogen and oxygen atoms in total. The number of nitrogens with one attached hydrogen (secondary N) is 1. The minimum atomic E-state index is -0.0189. The molecule has 1 saturated heterocycles. The van der Waals surface area contributed by atoms with Crippen LogP contribution in [0.1, 0.15) is 18.5 Å². The van der Waals surface area contributed by atoms with Gasteiger partial charge < -0.3 is 15.1 Å². The molecule has 1 N–H and O–H groups in total. The molecule has 138 valence electrons. The van der Waals surface area contributed by atoms with Gasteiger partial charge in [-0.3, -0.25) is 4.90 Å². The highest BCUT2D eigenvalue weighted by Crippen LogP contribution is 2.22. The highest BCUT2D eigenvalue weighted by Gasteiger charge is 2.24. The maximum Gasteiger partial charge on any atom is 0.321 e. The highest BCUT2D eigenvalue weighted by molar-refractivity contribution is 5.89. The largest absolute Gasteiger partial charge is 0.378 e. The van der Waals surface area contributed by atoms with Gasteiger partial charge in [0.15, 0.2) is 0 Å². The zero-order valence-corrected chi connectivity index (χ0v) is 15.9. The van der Waals surface area contributed by atoms with Crippen molar-refractivity contribution in [2.75, 3.05) is 50.5 Å². The molecule has 0 aromatic heterocycles. The second-order valence-corrected chi connectivity index (χ2v) is 6.98. The number of benzene rings is 2. The third-order valence-electron chi connectivity index (χ3n) is 5.07. The zero-order chi connectivity index (χ0) is 18.5. The van der Waals surface area contributed by atoms with Gasteiger partial charge in [0.25, 0.3) is 0 Å². The first kappa shape index (κ1) is 18.3. The molecular weight excluding hydrogens is 324 g/mol. The summed E-state index contributed by atoms with van der Waals surface area (Å²) in [5.41, 5.74) is 3.28. The van der Waals surface area contributed by atoms with Gasteiger partial charge in [-0.25, -0.2) is 4.79 Å². The molecule has 1 unspecified atom stereocenters. The average Bonchev–Trinajstić information content (AvgIpc) is 2.68. The van der Waals surface area contributed by atoms with Gasteiger partial charge in [0.1, 0.15) is 0 Å². The van der Waals surface area contributed by atoms with Crippen LogP contribution in [0.15, 0.2) is 54.6 Å². The summed E-state index contributed by atoms with van der Waals surface area (Å²) in [6.07, 6.45) is 0. The average molecular weight is 352 g/mol. The van der Waals surface area contributed by atoms with Gasteiger partial charge in [0.2, 0.25) is 0 Å². The molecule has 0 saturated carbocycles. The van der Waals surface area contributed by atoms with Crippen LogP contribution in [0.3, 0.4) is 0 Å². The first-order chi connectivity index (χ1) is 12.5. The number of piperazine rings is 1. The number of rotatable bonds is 4. The number of anilines is 2. The van der Waals surface area contributed by atoms with E-state index in [-0.39, 0.29) is 6.03 Å². The maximum absolute atomic E-state index is 12.5. The summed E-state index contributed by atoms with van der Waals surface area (Å²) in [6.45, 7) is 5.51. The zero-order valence-electron chi connectivity index (χ0n) is 15.9. The normalized spacial score (nSPS) is 16.2. The number of carbonyl (C=O) groups is 1. The molecule has 2 aromatic carbocycles. The van der Waals surface area contributed by atoms with Crippen molar-refractivity contribution in [3.05, 3.63) is 60.2 Å². The third-order valence-corrected chi connectivity index (χ3v) is 5.07. The minimum absolute atomic E-state index is 0.0189. The Balaban J connectivity index is 1.52. The predicted molar refractivity (Wildman–Crippen MR) is 108 cm³/mol. The van der Waals surface area contributed by atoms with Crippen LogP contribution >= 0.6 is 0 Å². The Morgan fingerprint density at radius 2 is 1.58 bits per heavy atom. The van der Waals surface area contributed by atoms with Gasteiger partial charge >= 0.3 is 6.03 Å². The van der Waals surface area contributed by atoms with E-state index in [1.807, 2.05) is 54.2 Å². The van der Waals surface area contributed by atoms with Crippen LogP contribution in [0.2, 0.25) is 0 Å². The first-order valence-electron chi connectivity index (χ1n) is 9.17. The van der Waals surface area contributed by atoms with Crippen molar-refractivity contribution in [3.8, 4) is 0 Å². The highest BCUT2D eigenvalue weighted by atomic mass is 16.2. The maximum atomic E-state index is 12.5.